The van der Waals surface area contributed by atoms with Gasteiger partial charge in [-0.2, -0.15) is 9.40 Å². The first-order chi connectivity index (χ1) is 8.34. The third-order valence-electron chi connectivity index (χ3n) is 3.26. The summed E-state index contributed by atoms with van der Waals surface area (Å²) in [5.41, 5.74) is 1.08. The first kappa shape index (κ1) is 13.2. The molecule has 18 heavy (non-hydrogen) atoms. The molecule has 0 unspecified atom stereocenters. The van der Waals surface area contributed by atoms with Crippen molar-refractivity contribution in [2.24, 2.45) is 7.05 Å². The standard InChI is InChI=1S/C11H17N3O3S/c1-8-11(9(2)13(3)12-8)18(16,17)14-6-4-5-10(15)7-14/h4-7H2,1-3H3. The number of aromatic nitrogens is 2. The van der Waals surface area contributed by atoms with Gasteiger partial charge < -0.3 is 0 Å². The van der Waals surface area contributed by atoms with Crippen molar-refractivity contribution in [2.75, 3.05) is 13.1 Å². The van der Waals surface area contributed by atoms with E-state index in [-0.39, 0.29) is 17.2 Å². The molecule has 0 aliphatic carbocycles. The number of carbonyl (C=O) groups is 1. The quantitative estimate of drug-likeness (QED) is 0.780. The molecule has 1 fully saturated rings. The first-order valence-corrected chi connectivity index (χ1v) is 7.30. The highest BCUT2D eigenvalue weighted by Crippen LogP contribution is 2.24. The molecule has 0 aromatic carbocycles. The number of hydrogen-bond donors (Lipinski definition) is 0. The second-order valence-electron chi connectivity index (χ2n) is 4.60. The van der Waals surface area contributed by atoms with Gasteiger partial charge in [0.15, 0.2) is 0 Å². The van der Waals surface area contributed by atoms with Crippen LogP contribution in [0.4, 0.5) is 0 Å². The minimum Gasteiger partial charge on any atom is -0.298 e. The molecule has 0 spiro atoms. The zero-order valence-corrected chi connectivity index (χ0v) is 11.6. The Morgan fingerprint density at radius 3 is 2.44 bits per heavy atom. The van der Waals surface area contributed by atoms with E-state index in [4.69, 9.17) is 0 Å². The van der Waals surface area contributed by atoms with E-state index in [9.17, 15) is 13.2 Å². The van der Waals surface area contributed by atoms with Crippen LogP contribution in [0.2, 0.25) is 0 Å². The molecule has 0 amide bonds. The SMILES string of the molecule is Cc1nn(C)c(C)c1S(=O)(=O)N1CCCC(=O)C1. The van der Waals surface area contributed by atoms with Crippen LogP contribution in [0.5, 0.6) is 0 Å². The predicted molar refractivity (Wildman–Crippen MR) is 65.7 cm³/mol. The number of Topliss-reactive ketones (excluding diaryl/α,β-unsaturated/α-hetero) is 1. The molecule has 1 aliphatic rings. The van der Waals surface area contributed by atoms with Gasteiger partial charge in [-0.1, -0.05) is 0 Å². The molecule has 0 saturated carbocycles. The fourth-order valence-corrected chi connectivity index (χ4v) is 4.13. The van der Waals surface area contributed by atoms with Crippen LogP contribution < -0.4 is 0 Å². The summed E-state index contributed by atoms with van der Waals surface area (Å²) in [6.07, 6.45) is 1.06. The molecule has 1 aliphatic heterocycles. The van der Waals surface area contributed by atoms with Crippen LogP contribution in [-0.2, 0) is 21.9 Å². The van der Waals surface area contributed by atoms with Crippen LogP contribution in [0, 0.1) is 13.8 Å². The van der Waals surface area contributed by atoms with Crippen molar-refractivity contribution in [3.05, 3.63) is 11.4 Å². The molecule has 1 saturated heterocycles. The number of piperidine rings is 1. The molecule has 0 N–H and O–H groups in total. The Morgan fingerprint density at radius 1 is 1.28 bits per heavy atom. The lowest BCUT2D eigenvalue weighted by Crippen LogP contribution is -2.40. The van der Waals surface area contributed by atoms with Gasteiger partial charge in [-0.25, -0.2) is 8.42 Å². The fraction of sp³-hybridized carbons (Fsp3) is 0.636. The van der Waals surface area contributed by atoms with Crippen molar-refractivity contribution in [2.45, 2.75) is 31.6 Å². The fourth-order valence-electron chi connectivity index (χ4n) is 2.27. The Labute approximate surface area is 107 Å². The molecular weight excluding hydrogens is 254 g/mol. The van der Waals surface area contributed by atoms with Crippen LogP contribution >= 0.6 is 0 Å². The smallest absolute Gasteiger partial charge is 0.247 e. The lowest BCUT2D eigenvalue weighted by Gasteiger charge is -2.25. The van der Waals surface area contributed by atoms with E-state index < -0.39 is 10.0 Å². The number of hydrogen-bond acceptors (Lipinski definition) is 4. The third-order valence-corrected chi connectivity index (χ3v) is 5.35. The van der Waals surface area contributed by atoms with Gasteiger partial charge in [-0.05, 0) is 20.3 Å². The Hall–Kier alpha value is -1.21. The van der Waals surface area contributed by atoms with E-state index in [2.05, 4.69) is 5.10 Å². The Kier molecular flexibility index (Phi) is 3.29. The Morgan fingerprint density at radius 2 is 1.94 bits per heavy atom. The third kappa shape index (κ3) is 2.08. The maximum absolute atomic E-state index is 12.5. The summed E-state index contributed by atoms with van der Waals surface area (Å²) in [7, 11) is -1.90. The van der Waals surface area contributed by atoms with Crippen molar-refractivity contribution in [3.63, 3.8) is 0 Å². The Bertz CT molecular complexity index is 589. The predicted octanol–water partition coefficient (Wildman–Crippen LogP) is 0.391. The van der Waals surface area contributed by atoms with Crippen LogP contribution in [0.3, 0.4) is 0 Å². The highest BCUT2D eigenvalue weighted by atomic mass is 32.2. The average molecular weight is 271 g/mol. The highest BCUT2D eigenvalue weighted by molar-refractivity contribution is 7.89. The van der Waals surface area contributed by atoms with Gasteiger partial charge in [-0.15, -0.1) is 0 Å². The van der Waals surface area contributed by atoms with Crippen molar-refractivity contribution >= 4 is 15.8 Å². The molecule has 0 radical (unpaired) electrons. The molecule has 0 atom stereocenters. The summed E-state index contributed by atoms with van der Waals surface area (Å²) in [4.78, 5) is 11.6. The van der Waals surface area contributed by atoms with E-state index in [1.807, 2.05) is 0 Å². The normalized spacial score (nSPS) is 18.3. The number of rotatable bonds is 2. The number of carbonyl (C=O) groups excluding carboxylic acids is 1. The van der Waals surface area contributed by atoms with Gasteiger partial charge >= 0.3 is 0 Å². The molecule has 0 bridgehead atoms. The summed E-state index contributed by atoms with van der Waals surface area (Å²) in [5, 5.41) is 4.12. The van der Waals surface area contributed by atoms with Gasteiger partial charge in [-0.3, -0.25) is 9.48 Å². The number of nitrogens with zero attached hydrogens (tertiary/aromatic N) is 3. The van der Waals surface area contributed by atoms with E-state index in [1.165, 1.54) is 4.31 Å². The van der Waals surface area contributed by atoms with Crippen LogP contribution in [-0.4, -0.2) is 41.4 Å². The van der Waals surface area contributed by atoms with Gasteiger partial charge in [0.05, 0.1) is 17.9 Å². The zero-order valence-electron chi connectivity index (χ0n) is 10.8. The summed E-state index contributed by atoms with van der Waals surface area (Å²) in [6, 6.07) is 0. The van der Waals surface area contributed by atoms with E-state index in [1.54, 1.807) is 25.6 Å². The largest absolute Gasteiger partial charge is 0.298 e. The second-order valence-corrected chi connectivity index (χ2v) is 6.48. The molecule has 6 nitrogen and oxygen atoms in total. The molecule has 7 heteroatoms. The average Bonchev–Trinajstić information content (AvgIpc) is 2.53. The van der Waals surface area contributed by atoms with Gasteiger partial charge in [0.25, 0.3) is 0 Å². The van der Waals surface area contributed by atoms with Gasteiger partial charge in [0, 0.05) is 20.0 Å². The van der Waals surface area contributed by atoms with Crippen molar-refractivity contribution in [3.8, 4) is 0 Å². The molecule has 100 valence electrons. The van der Waals surface area contributed by atoms with E-state index in [0.29, 0.717) is 30.8 Å². The summed E-state index contributed by atoms with van der Waals surface area (Å²) >= 11 is 0. The maximum atomic E-state index is 12.5. The Balaban J connectivity index is 2.45. The lowest BCUT2D eigenvalue weighted by atomic mass is 10.1. The molecule has 2 rings (SSSR count). The van der Waals surface area contributed by atoms with Gasteiger partial charge in [0.2, 0.25) is 10.0 Å². The first-order valence-electron chi connectivity index (χ1n) is 5.86. The minimum atomic E-state index is -3.61. The van der Waals surface area contributed by atoms with E-state index >= 15 is 0 Å². The van der Waals surface area contributed by atoms with Crippen LogP contribution in [0.1, 0.15) is 24.2 Å². The summed E-state index contributed by atoms with van der Waals surface area (Å²) < 4.78 is 27.8. The number of sulfonamides is 1. The van der Waals surface area contributed by atoms with Crippen molar-refractivity contribution in [1.29, 1.82) is 0 Å². The van der Waals surface area contributed by atoms with Crippen molar-refractivity contribution in [1.82, 2.24) is 14.1 Å². The van der Waals surface area contributed by atoms with Crippen LogP contribution in [0.25, 0.3) is 0 Å². The topological polar surface area (TPSA) is 72.3 Å². The molecular formula is C11H17N3O3S. The molecule has 2 heterocycles. The van der Waals surface area contributed by atoms with Crippen LogP contribution in [0.15, 0.2) is 4.90 Å². The molecule has 1 aromatic rings. The lowest BCUT2D eigenvalue weighted by molar-refractivity contribution is -0.120. The van der Waals surface area contributed by atoms with Gasteiger partial charge in [0.1, 0.15) is 10.7 Å². The zero-order chi connectivity index (χ0) is 13.5. The summed E-state index contributed by atoms with van der Waals surface area (Å²) in [5.74, 6) is -0.0241. The van der Waals surface area contributed by atoms with E-state index in [0.717, 1.165) is 0 Å². The second kappa shape index (κ2) is 4.47. The maximum Gasteiger partial charge on any atom is 0.247 e. The summed E-state index contributed by atoms with van der Waals surface area (Å²) in [6.45, 7) is 3.78. The minimum absolute atomic E-state index is 0.0178. The number of aryl methyl sites for hydroxylation is 2. The highest BCUT2D eigenvalue weighted by Gasteiger charge is 2.33. The number of ketones is 1. The monoisotopic (exact) mass is 271 g/mol. The van der Waals surface area contributed by atoms with Crippen molar-refractivity contribution < 1.29 is 13.2 Å². The molecule has 1 aromatic heterocycles.